The lowest BCUT2D eigenvalue weighted by Crippen LogP contribution is -2.17. The number of benzene rings is 3. The van der Waals surface area contributed by atoms with Gasteiger partial charge in [0.1, 0.15) is 10.8 Å². The number of anilines is 2. The first-order valence-corrected chi connectivity index (χ1v) is 10.9. The summed E-state index contributed by atoms with van der Waals surface area (Å²) in [4.78, 5) is 26.2. The van der Waals surface area contributed by atoms with Crippen molar-refractivity contribution in [2.24, 2.45) is 0 Å². The zero-order valence-corrected chi connectivity index (χ0v) is 18.5. The Morgan fingerprint density at radius 2 is 1.59 bits per heavy atom. The third-order valence-electron chi connectivity index (χ3n) is 4.97. The first-order chi connectivity index (χ1) is 15.5. The molecule has 4 aromatic rings. The van der Waals surface area contributed by atoms with Crippen LogP contribution in [0.25, 0.3) is 11.1 Å². The molecule has 0 aliphatic heterocycles. The normalized spacial score (nSPS) is 10.4. The van der Waals surface area contributed by atoms with Crippen molar-refractivity contribution < 1.29 is 14.3 Å². The number of rotatable bonds is 6. The van der Waals surface area contributed by atoms with Crippen LogP contribution in [0.4, 0.5) is 10.7 Å². The minimum atomic E-state index is -0.308. The standard InChI is InChI=1S/C26H22N2O3S/c1-17-11-13-19(14-12-17)24(29)28-26-23(22(16-32-26)18-7-4-3-5-8-18)25(30)27-20-9-6-10-21(15-20)31-2/h3-16H,1-2H3,(H,27,30)(H,28,29). The first kappa shape index (κ1) is 21.3. The van der Waals surface area contributed by atoms with Gasteiger partial charge in [0, 0.05) is 28.3 Å². The number of hydrogen-bond acceptors (Lipinski definition) is 4. The molecule has 0 saturated carbocycles. The van der Waals surface area contributed by atoms with E-state index in [-0.39, 0.29) is 11.8 Å². The van der Waals surface area contributed by atoms with Gasteiger partial charge in [-0.2, -0.15) is 0 Å². The number of carbonyl (C=O) groups is 2. The topological polar surface area (TPSA) is 67.4 Å². The number of thiophene rings is 1. The van der Waals surface area contributed by atoms with Crippen molar-refractivity contribution in [1.82, 2.24) is 0 Å². The summed E-state index contributed by atoms with van der Waals surface area (Å²) in [6, 6.07) is 24.1. The van der Waals surface area contributed by atoms with E-state index in [0.717, 1.165) is 16.7 Å². The van der Waals surface area contributed by atoms with E-state index in [1.165, 1.54) is 11.3 Å². The molecule has 0 aliphatic carbocycles. The fourth-order valence-corrected chi connectivity index (χ4v) is 4.24. The Hall–Kier alpha value is -3.90. The number of hydrogen-bond donors (Lipinski definition) is 2. The number of nitrogens with one attached hydrogen (secondary N) is 2. The van der Waals surface area contributed by atoms with Gasteiger partial charge >= 0.3 is 0 Å². The van der Waals surface area contributed by atoms with Gasteiger partial charge < -0.3 is 15.4 Å². The summed E-state index contributed by atoms with van der Waals surface area (Å²) in [6.07, 6.45) is 0. The first-order valence-electron chi connectivity index (χ1n) is 10.1. The predicted molar refractivity (Wildman–Crippen MR) is 130 cm³/mol. The highest BCUT2D eigenvalue weighted by atomic mass is 32.1. The number of ether oxygens (including phenoxy) is 1. The molecule has 0 unspecified atom stereocenters. The largest absolute Gasteiger partial charge is 0.497 e. The highest BCUT2D eigenvalue weighted by Gasteiger charge is 2.22. The average molecular weight is 443 g/mol. The van der Waals surface area contributed by atoms with Gasteiger partial charge in [-0.3, -0.25) is 9.59 Å². The quantitative estimate of drug-likeness (QED) is 0.372. The SMILES string of the molecule is COc1cccc(NC(=O)c2c(-c3ccccc3)csc2NC(=O)c2ccc(C)cc2)c1. The summed E-state index contributed by atoms with van der Waals surface area (Å²) >= 11 is 1.33. The highest BCUT2D eigenvalue weighted by Crippen LogP contribution is 2.36. The summed E-state index contributed by atoms with van der Waals surface area (Å²) in [5.74, 6) is 0.0729. The molecule has 0 spiro atoms. The molecular formula is C26H22N2O3S. The van der Waals surface area contributed by atoms with Gasteiger partial charge in [-0.15, -0.1) is 11.3 Å². The molecule has 0 atom stereocenters. The Balaban J connectivity index is 1.69. The maximum atomic E-state index is 13.4. The van der Waals surface area contributed by atoms with Gasteiger partial charge in [0.25, 0.3) is 11.8 Å². The fraction of sp³-hybridized carbons (Fsp3) is 0.0769. The van der Waals surface area contributed by atoms with E-state index < -0.39 is 0 Å². The van der Waals surface area contributed by atoms with Crippen LogP contribution in [0.15, 0.2) is 84.2 Å². The van der Waals surface area contributed by atoms with E-state index in [1.807, 2.05) is 60.8 Å². The van der Waals surface area contributed by atoms with Crippen molar-refractivity contribution >= 4 is 33.8 Å². The lowest BCUT2D eigenvalue weighted by molar-refractivity contribution is 0.102. The highest BCUT2D eigenvalue weighted by molar-refractivity contribution is 7.15. The molecule has 160 valence electrons. The lowest BCUT2D eigenvalue weighted by atomic mass is 10.0. The Morgan fingerprint density at radius 1 is 0.844 bits per heavy atom. The molecule has 32 heavy (non-hydrogen) atoms. The molecular weight excluding hydrogens is 420 g/mol. The van der Waals surface area contributed by atoms with Crippen LogP contribution in [0.2, 0.25) is 0 Å². The Morgan fingerprint density at radius 3 is 2.31 bits per heavy atom. The zero-order chi connectivity index (χ0) is 22.5. The van der Waals surface area contributed by atoms with Gasteiger partial charge in [0.15, 0.2) is 0 Å². The summed E-state index contributed by atoms with van der Waals surface area (Å²) in [7, 11) is 1.58. The van der Waals surface area contributed by atoms with Crippen LogP contribution >= 0.6 is 11.3 Å². The van der Waals surface area contributed by atoms with Crippen molar-refractivity contribution in [2.45, 2.75) is 6.92 Å². The van der Waals surface area contributed by atoms with E-state index in [1.54, 1.807) is 37.4 Å². The summed E-state index contributed by atoms with van der Waals surface area (Å²) < 4.78 is 5.25. The predicted octanol–water partition coefficient (Wildman–Crippen LogP) is 6.24. The van der Waals surface area contributed by atoms with Gasteiger partial charge in [-0.05, 0) is 36.8 Å². The molecule has 4 rings (SSSR count). The molecule has 2 N–H and O–H groups in total. The van der Waals surface area contributed by atoms with Crippen LogP contribution in [0.3, 0.4) is 0 Å². The van der Waals surface area contributed by atoms with E-state index in [9.17, 15) is 9.59 Å². The van der Waals surface area contributed by atoms with Crippen LogP contribution in [-0.4, -0.2) is 18.9 Å². The Labute approximate surface area is 190 Å². The number of amides is 2. The third kappa shape index (κ3) is 4.71. The molecule has 1 aromatic heterocycles. The Kier molecular flexibility index (Phi) is 6.33. The number of aryl methyl sites for hydroxylation is 1. The van der Waals surface area contributed by atoms with Crippen LogP contribution < -0.4 is 15.4 Å². The monoisotopic (exact) mass is 442 g/mol. The number of carbonyl (C=O) groups excluding carboxylic acids is 2. The summed E-state index contributed by atoms with van der Waals surface area (Å²) in [6.45, 7) is 1.97. The van der Waals surface area contributed by atoms with Gasteiger partial charge in [0.2, 0.25) is 0 Å². The number of methoxy groups -OCH3 is 1. The van der Waals surface area contributed by atoms with Crippen LogP contribution in [0, 0.1) is 6.92 Å². The van der Waals surface area contributed by atoms with Gasteiger partial charge in [-0.25, -0.2) is 0 Å². The van der Waals surface area contributed by atoms with Crippen LogP contribution in [-0.2, 0) is 0 Å². The molecule has 0 fully saturated rings. The molecule has 6 heteroatoms. The van der Waals surface area contributed by atoms with E-state index in [4.69, 9.17) is 4.74 Å². The van der Waals surface area contributed by atoms with Crippen molar-refractivity contribution in [3.63, 3.8) is 0 Å². The lowest BCUT2D eigenvalue weighted by Gasteiger charge is -2.11. The van der Waals surface area contributed by atoms with Crippen molar-refractivity contribution in [1.29, 1.82) is 0 Å². The zero-order valence-electron chi connectivity index (χ0n) is 17.7. The second kappa shape index (κ2) is 9.49. The van der Waals surface area contributed by atoms with E-state index >= 15 is 0 Å². The molecule has 1 heterocycles. The van der Waals surface area contributed by atoms with E-state index in [2.05, 4.69) is 10.6 Å². The second-order valence-corrected chi connectivity index (χ2v) is 8.11. The van der Waals surface area contributed by atoms with Crippen molar-refractivity contribution in [2.75, 3.05) is 17.7 Å². The molecule has 2 amide bonds. The maximum Gasteiger partial charge on any atom is 0.259 e. The molecule has 3 aromatic carbocycles. The van der Waals surface area contributed by atoms with E-state index in [0.29, 0.717) is 27.6 Å². The second-order valence-electron chi connectivity index (χ2n) is 7.23. The average Bonchev–Trinajstić information content (AvgIpc) is 3.23. The molecule has 0 radical (unpaired) electrons. The maximum absolute atomic E-state index is 13.4. The minimum Gasteiger partial charge on any atom is -0.497 e. The van der Waals surface area contributed by atoms with Crippen molar-refractivity contribution in [3.05, 3.63) is 101 Å². The summed E-state index contributed by atoms with van der Waals surface area (Å²) in [5.41, 5.74) is 4.29. The van der Waals surface area contributed by atoms with Crippen LogP contribution in [0.1, 0.15) is 26.3 Å². The fourth-order valence-electron chi connectivity index (χ4n) is 3.28. The van der Waals surface area contributed by atoms with Crippen LogP contribution in [0.5, 0.6) is 5.75 Å². The van der Waals surface area contributed by atoms with Gasteiger partial charge in [0.05, 0.1) is 12.7 Å². The smallest absolute Gasteiger partial charge is 0.259 e. The van der Waals surface area contributed by atoms with Crippen molar-refractivity contribution in [3.8, 4) is 16.9 Å². The van der Waals surface area contributed by atoms with Gasteiger partial charge in [-0.1, -0.05) is 54.1 Å². The molecule has 0 saturated heterocycles. The molecule has 0 bridgehead atoms. The Bertz CT molecular complexity index is 1250. The summed E-state index contributed by atoms with van der Waals surface area (Å²) in [5, 5.41) is 8.23. The minimum absolute atomic E-state index is 0.262. The molecule has 0 aliphatic rings. The molecule has 5 nitrogen and oxygen atoms in total. The third-order valence-corrected chi connectivity index (χ3v) is 5.87.